The SMILES string of the molecule is Fc1ccc(Oc2ccc(Br)cc2Br)c(CNC2CC2)c1. The molecule has 0 saturated heterocycles. The summed E-state index contributed by atoms with van der Waals surface area (Å²) in [6.45, 7) is 0.617. The maximum atomic E-state index is 13.5. The first-order valence-corrected chi connectivity index (χ1v) is 8.35. The van der Waals surface area contributed by atoms with Gasteiger partial charge in [-0.3, -0.25) is 0 Å². The van der Waals surface area contributed by atoms with Crippen molar-refractivity contribution in [2.24, 2.45) is 0 Å². The molecular weight excluding hydrogens is 401 g/mol. The van der Waals surface area contributed by atoms with Crippen LogP contribution in [0.25, 0.3) is 0 Å². The van der Waals surface area contributed by atoms with E-state index in [1.165, 1.54) is 25.0 Å². The molecule has 1 saturated carbocycles. The lowest BCUT2D eigenvalue weighted by Crippen LogP contribution is -2.16. The third-order valence-electron chi connectivity index (χ3n) is 3.29. The fraction of sp³-hybridized carbons (Fsp3) is 0.250. The summed E-state index contributed by atoms with van der Waals surface area (Å²) in [6, 6.07) is 10.9. The monoisotopic (exact) mass is 413 g/mol. The van der Waals surface area contributed by atoms with E-state index in [0.717, 1.165) is 14.5 Å². The maximum absolute atomic E-state index is 13.5. The second-order valence-electron chi connectivity index (χ2n) is 5.08. The molecule has 21 heavy (non-hydrogen) atoms. The molecule has 1 aliphatic rings. The van der Waals surface area contributed by atoms with Crippen LogP contribution >= 0.6 is 31.9 Å². The minimum absolute atomic E-state index is 0.246. The van der Waals surface area contributed by atoms with Crippen molar-refractivity contribution in [3.8, 4) is 11.5 Å². The summed E-state index contributed by atoms with van der Waals surface area (Å²) in [7, 11) is 0. The summed E-state index contributed by atoms with van der Waals surface area (Å²) in [6.07, 6.45) is 2.40. The number of rotatable bonds is 5. The smallest absolute Gasteiger partial charge is 0.141 e. The molecule has 0 atom stereocenters. The Hall–Kier alpha value is -0.910. The highest BCUT2D eigenvalue weighted by Gasteiger charge is 2.21. The molecule has 1 N–H and O–H groups in total. The van der Waals surface area contributed by atoms with E-state index < -0.39 is 0 Å². The molecule has 5 heteroatoms. The lowest BCUT2D eigenvalue weighted by Gasteiger charge is -2.13. The van der Waals surface area contributed by atoms with Crippen LogP contribution in [0, 0.1) is 5.82 Å². The van der Waals surface area contributed by atoms with Crippen molar-refractivity contribution in [2.45, 2.75) is 25.4 Å². The first kappa shape index (κ1) is 15.0. The van der Waals surface area contributed by atoms with Gasteiger partial charge in [-0.2, -0.15) is 0 Å². The molecule has 1 fully saturated rings. The van der Waals surface area contributed by atoms with Gasteiger partial charge in [0.1, 0.15) is 17.3 Å². The van der Waals surface area contributed by atoms with Gasteiger partial charge in [-0.1, -0.05) is 15.9 Å². The van der Waals surface area contributed by atoms with E-state index >= 15 is 0 Å². The standard InChI is InChI=1S/C16H14Br2FNO/c17-11-1-5-16(14(18)8-11)21-15-6-2-12(19)7-10(15)9-20-13-3-4-13/h1-2,5-8,13,20H,3-4,9H2. The molecule has 0 radical (unpaired) electrons. The summed E-state index contributed by atoms with van der Waals surface area (Å²) in [4.78, 5) is 0. The lowest BCUT2D eigenvalue weighted by atomic mass is 10.2. The molecule has 0 amide bonds. The van der Waals surface area contributed by atoms with E-state index in [1.807, 2.05) is 18.2 Å². The van der Waals surface area contributed by atoms with E-state index in [9.17, 15) is 4.39 Å². The molecule has 0 aromatic heterocycles. The second kappa shape index (κ2) is 6.46. The Labute approximate surface area is 140 Å². The molecule has 0 heterocycles. The van der Waals surface area contributed by atoms with Gasteiger partial charge in [0.25, 0.3) is 0 Å². The van der Waals surface area contributed by atoms with Gasteiger partial charge in [-0.05, 0) is 65.2 Å². The molecular formula is C16H14Br2FNO. The highest BCUT2D eigenvalue weighted by molar-refractivity contribution is 9.11. The van der Waals surface area contributed by atoms with Gasteiger partial charge >= 0.3 is 0 Å². The molecule has 0 bridgehead atoms. The van der Waals surface area contributed by atoms with Crippen molar-refractivity contribution in [2.75, 3.05) is 0 Å². The van der Waals surface area contributed by atoms with Crippen molar-refractivity contribution >= 4 is 31.9 Å². The highest BCUT2D eigenvalue weighted by atomic mass is 79.9. The Morgan fingerprint density at radius 2 is 1.86 bits per heavy atom. The Kier molecular flexibility index (Phi) is 4.62. The van der Waals surface area contributed by atoms with E-state index in [-0.39, 0.29) is 5.82 Å². The second-order valence-corrected chi connectivity index (χ2v) is 6.85. The highest BCUT2D eigenvalue weighted by Crippen LogP contribution is 2.34. The number of ether oxygens (including phenoxy) is 1. The molecule has 110 valence electrons. The van der Waals surface area contributed by atoms with Crippen LogP contribution in [0.5, 0.6) is 11.5 Å². The summed E-state index contributed by atoms with van der Waals surface area (Å²) in [5.74, 6) is 1.13. The van der Waals surface area contributed by atoms with E-state index in [4.69, 9.17) is 4.74 Å². The molecule has 0 spiro atoms. The van der Waals surface area contributed by atoms with Crippen molar-refractivity contribution in [1.29, 1.82) is 0 Å². The van der Waals surface area contributed by atoms with E-state index in [1.54, 1.807) is 6.07 Å². The predicted octanol–water partition coefficient (Wildman–Crippen LogP) is 5.40. The van der Waals surface area contributed by atoms with Gasteiger partial charge in [0.2, 0.25) is 0 Å². The number of nitrogens with one attached hydrogen (secondary N) is 1. The van der Waals surface area contributed by atoms with Crippen molar-refractivity contribution in [3.05, 3.63) is 56.7 Å². The molecule has 0 aliphatic heterocycles. The van der Waals surface area contributed by atoms with Gasteiger partial charge in [-0.25, -0.2) is 4.39 Å². The zero-order valence-electron chi connectivity index (χ0n) is 11.2. The first-order valence-electron chi connectivity index (χ1n) is 6.76. The molecule has 2 nitrogen and oxygen atoms in total. The van der Waals surface area contributed by atoms with E-state index in [2.05, 4.69) is 37.2 Å². The quantitative estimate of drug-likeness (QED) is 0.707. The minimum Gasteiger partial charge on any atom is -0.456 e. The van der Waals surface area contributed by atoms with Gasteiger partial charge in [0.15, 0.2) is 0 Å². The summed E-state index contributed by atoms with van der Waals surface area (Å²) >= 11 is 6.88. The Morgan fingerprint density at radius 1 is 1.10 bits per heavy atom. The van der Waals surface area contributed by atoms with Crippen LogP contribution in [0.4, 0.5) is 4.39 Å². The van der Waals surface area contributed by atoms with Crippen LogP contribution in [0.1, 0.15) is 18.4 Å². The van der Waals surface area contributed by atoms with Crippen LogP contribution in [0.2, 0.25) is 0 Å². The average Bonchev–Trinajstić information content (AvgIpc) is 3.26. The van der Waals surface area contributed by atoms with Gasteiger partial charge in [0.05, 0.1) is 4.47 Å². The van der Waals surface area contributed by atoms with Crippen molar-refractivity contribution < 1.29 is 9.13 Å². The summed E-state index contributed by atoms with van der Waals surface area (Å²) in [5, 5.41) is 3.38. The zero-order chi connectivity index (χ0) is 14.8. The molecule has 2 aromatic carbocycles. The van der Waals surface area contributed by atoms with E-state index in [0.29, 0.717) is 24.1 Å². The first-order chi connectivity index (χ1) is 10.1. The number of benzene rings is 2. The Bertz CT molecular complexity index is 659. The fourth-order valence-electron chi connectivity index (χ4n) is 2.00. The maximum Gasteiger partial charge on any atom is 0.141 e. The third-order valence-corrected chi connectivity index (χ3v) is 4.41. The van der Waals surface area contributed by atoms with Crippen molar-refractivity contribution in [1.82, 2.24) is 5.32 Å². The van der Waals surface area contributed by atoms with Crippen LogP contribution < -0.4 is 10.1 Å². The summed E-state index contributed by atoms with van der Waals surface area (Å²) in [5.41, 5.74) is 0.830. The topological polar surface area (TPSA) is 21.3 Å². The van der Waals surface area contributed by atoms with Gasteiger partial charge < -0.3 is 10.1 Å². The van der Waals surface area contributed by atoms with Crippen molar-refractivity contribution in [3.63, 3.8) is 0 Å². The minimum atomic E-state index is -0.246. The summed E-state index contributed by atoms with van der Waals surface area (Å²) < 4.78 is 21.2. The van der Waals surface area contributed by atoms with Crippen LogP contribution in [0.15, 0.2) is 45.3 Å². The van der Waals surface area contributed by atoms with Crippen LogP contribution in [-0.4, -0.2) is 6.04 Å². The third kappa shape index (κ3) is 4.05. The Morgan fingerprint density at radius 3 is 2.57 bits per heavy atom. The largest absolute Gasteiger partial charge is 0.456 e. The normalized spacial score (nSPS) is 14.2. The fourth-order valence-corrected chi connectivity index (χ4v) is 3.13. The number of hydrogen-bond acceptors (Lipinski definition) is 2. The number of hydrogen-bond donors (Lipinski definition) is 1. The van der Waals surface area contributed by atoms with Gasteiger partial charge in [-0.15, -0.1) is 0 Å². The molecule has 0 unspecified atom stereocenters. The molecule has 1 aliphatic carbocycles. The van der Waals surface area contributed by atoms with Gasteiger partial charge in [0, 0.05) is 22.6 Å². The lowest BCUT2D eigenvalue weighted by molar-refractivity contribution is 0.467. The van der Waals surface area contributed by atoms with Crippen LogP contribution in [-0.2, 0) is 6.54 Å². The average molecular weight is 415 g/mol. The number of halogens is 3. The molecule has 3 rings (SSSR count). The zero-order valence-corrected chi connectivity index (χ0v) is 14.4. The Balaban J connectivity index is 1.82. The van der Waals surface area contributed by atoms with Crippen LogP contribution in [0.3, 0.4) is 0 Å². The molecule has 2 aromatic rings. The predicted molar refractivity (Wildman–Crippen MR) is 88.2 cm³/mol.